The third-order valence-electron chi connectivity index (χ3n) is 4.18. The monoisotopic (exact) mass is 401 g/mol. The third kappa shape index (κ3) is 4.78. The highest BCUT2D eigenvalue weighted by Gasteiger charge is 2.47. The van der Waals surface area contributed by atoms with Crippen LogP contribution in [0.4, 0.5) is 23.7 Å². The largest absolute Gasteiger partial charge is 0.454 e. The molecule has 1 aromatic rings. The number of esters is 1. The Bertz CT molecular complexity index is 811. The van der Waals surface area contributed by atoms with E-state index in [-0.39, 0.29) is 5.69 Å². The van der Waals surface area contributed by atoms with Crippen LogP contribution < -0.4 is 10.6 Å². The highest BCUT2D eigenvalue weighted by Crippen LogP contribution is 2.30. The standard InChI is InChI=1S/C17H18F3N3O5/c1-3-16(2)14(26)23(15(27)22-16)8-13(25)28-9-12(24)21-11-6-4-5-10(7-11)17(18,19)20/h4-7H,3,8-9H2,1-2H3,(H,21,24)(H,22,27)/t16-/m1/s1. The minimum Gasteiger partial charge on any atom is -0.454 e. The molecule has 0 saturated carbocycles. The second-order valence-electron chi connectivity index (χ2n) is 6.29. The summed E-state index contributed by atoms with van der Waals surface area (Å²) in [5, 5.41) is 4.63. The summed E-state index contributed by atoms with van der Waals surface area (Å²) in [7, 11) is 0. The molecule has 28 heavy (non-hydrogen) atoms. The van der Waals surface area contributed by atoms with E-state index in [4.69, 9.17) is 0 Å². The fourth-order valence-corrected chi connectivity index (χ4v) is 2.42. The van der Waals surface area contributed by atoms with E-state index >= 15 is 0 Å². The average molecular weight is 401 g/mol. The van der Waals surface area contributed by atoms with Gasteiger partial charge in [0, 0.05) is 5.69 Å². The second kappa shape index (κ2) is 7.87. The summed E-state index contributed by atoms with van der Waals surface area (Å²) in [6.07, 6.45) is -4.24. The Kier molecular flexibility index (Phi) is 5.95. The number of urea groups is 1. The smallest absolute Gasteiger partial charge is 0.416 e. The van der Waals surface area contributed by atoms with Crippen LogP contribution in [0.3, 0.4) is 0 Å². The molecule has 1 saturated heterocycles. The number of benzene rings is 1. The summed E-state index contributed by atoms with van der Waals surface area (Å²) in [6, 6.07) is 3.19. The lowest BCUT2D eigenvalue weighted by Crippen LogP contribution is -2.43. The fraction of sp³-hybridized carbons (Fsp3) is 0.412. The Balaban J connectivity index is 1.87. The van der Waals surface area contributed by atoms with Crippen molar-refractivity contribution < 1.29 is 37.1 Å². The molecule has 1 aliphatic rings. The van der Waals surface area contributed by atoms with Crippen molar-refractivity contribution in [1.29, 1.82) is 0 Å². The SMILES string of the molecule is CC[C@@]1(C)NC(=O)N(CC(=O)OCC(=O)Nc2cccc(C(F)(F)F)c2)C1=O. The van der Waals surface area contributed by atoms with Crippen molar-refractivity contribution in [2.45, 2.75) is 32.0 Å². The molecule has 2 N–H and O–H groups in total. The van der Waals surface area contributed by atoms with Gasteiger partial charge in [0.15, 0.2) is 6.61 Å². The minimum absolute atomic E-state index is 0.122. The van der Waals surface area contributed by atoms with Crippen LogP contribution in [0.15, 0.2) is 24.3 Å². The number of alkyl halides is 3. The van der Waals surface area contributed by atoms with Crippen molar-refractivity contribution in [2.75, 3.05) is 18.5 Å². The van der Waals surface area contributed by atoms with Gasteiger partial charge in [-0.25, -0.2) is 4.79 Å². The predicted molar refractivity (Wildman–Crippen MR) is 90.0 cm³/mol. The van der Waals surface area contributed by atoms with Crippen molar-refractivity contribution in [3.8, 4) is 0 Å². The van der Waals surface area contributed by atoms with Crippen molar-refractivity contribution in [3.63, 3.8) is 0 Å². The van der Waals surface area contributed by atoms with Gasteiger partial charge < -0.3 is 15.4 Å². The van der Waals surface area contributed by atoms with Gasteiger partial charge in [-0.15, -0.1) is 0 Å². The molecule has 8 nitrogen and oxygen atoms in total. The first-order valence-electron chi connectivity index (χ1n) is 8.23. The molecule has 0 spiro atoms. The first kappa shape index (κ1) is 21.2. The molecule has 11 heteroatoms. The number of amides is 4. The molecule has 0 radical (unpaired) electrons. The van der Waals surface area contributed by atoms with Gasteiger partial charge in [0.2, 0.25) is 0 Å². The zero-order valence-corrected chi connectivity index (χ0v) is 15.1. The van der Waals surface area contributed by atoms with Crippen molar-refractivity contribution in [2.24, 2.45) is 0 Å². The zero-order chi connectivity index (χ0) is 21.1. The average Bonchev–Trinajstić information content (AvgIpc) is 2.83. The summed E-state index contributed by atoms with van der Waals surface area (Å²) in [4.78, 5) is 48.2. The van der Waals surface area contributed by atoms with E-state index in [2.05, 4.69) is 15.4 Å². The number of rotatable bonds is 6. The Labute approximate surface area is 158 Å². The highest BCUT2D eigenvalue weighted by molar-refractivity contribution is 6.08. The van der Waals surface area contributed by atoms with Crippen molar-refractivity contribution in [1.82, 2.24) is 10.2 Å². The second-order valence-corrected chi connectivity index (χ2v) is 6.29. The molecule has 1 heterocycles. The van der Waals surface area contributed by atoms with Gasteiger partial charge >= 0.3 is 18.2 Å². The van der Waals surface area contributed by atoms with Gasteiger partial charge in [0.25, 0.3) is 11.8 Å². The molecule has 2 rings (SSSR count). The van der Waals surface area contributed by atoms with E-state index in [0.717, 1.165) is 18.2 Å². The molecule has 0 unspecified atom stereocenters. The number of nitrogens with one attached hydrogen (secondary N) is 2. The van der Waals surface area contributed by atoms with Crippen LogP contribution in [-0.2, 0) is 25.3 Å². The highest BCUT2D eigenvalue weighted by atomic mass is 19.4. The minimum atomic E-state index is -4.57. The molecule has 1 aromatic carbocycles. The lowest BCUT2D eigenvalue weighted by atomic mass is 9.99. The van der Waals surface area contributed by atoms with Gasteiger partial charge in [-0.3, -0.25) is 19.3 Å². The van der Waals surface area contributed by atoms with Crippen LogP contribution >= 0.6 is 0 Å². The lowest BCUT2D eigenvalue weighted by Gasteiger charge is -2.18. The molecule has 0 aromatic heterocycles. The molecular weight excluding hydrogens is 383 g/mol. The summed E-state index contributed by atoms with van der Waals surface area (Å²) in [5.41, 5.74) is -2.18. The number of ether oxygens (including phenoxy) is 1. The quantitative estimate of drug-likeness (QED) is 0.560. The number of carbonyl (C=O) groups excluding carboxylic acids is 4. The first-order valence-corrected chi connectivity index (χ1v) is 8.23. The lowest BCUT2D eigenvalue weighted by molar-refractivity contribution is -0.150. The molecule has 1 aliphatic heterocycles. The van der Waals surface area contributed by atoms with Crippen LogP contribution in [0, 0.1) is 0 Å². The molecule has 1 atom stereocenters. The Morgan fingerprint density at radius 3 is 2.54 bits per heavy atom. The van der Waals surface area contributed by atoms with Gasteiger partial charge in [0.1, 0.15) is 12.1 Å². The van der Waals surface area contributed by atoms with Crippen LogP contribution in [0.1, 0.15) is 25.8 Å². The maximum atomic E-state index is 12.6. The predicted octanol–water partition coefficient (Wildman–Crippen LogP) is 1.91. The molecule has 152 valence electrons. The Hall–Kier alpha value is -3.11. The molecule has 1 fully saturated rings. The van der Waals surface area contributed by atoms with Gasteiger partial charge in [-0.2, -0.15) is 13.2 Å². The molecular formula is C17H18F3N3O5. The number of hydrogen-bond donors (Lipinski definition) is 2. The molecule has 0 aliphatic carbocycles. The fourth-order valence-electron chi connectivity index (χ4n) is 2.42. The van der Waals surface area contributed by atoms with E-state index in [1.165, 1.54) is 13.0 Å². The number of carbonyl (C=O) groups is 4. The topological polar surface area (TPSA) is 105 Å². The normalized spacial score (nSPS) is 19.4. The maximum absolute atomic E-state index is 12.6. The third-order valence-corrected chi connectivity index (χ3v) is 4.18. The Morgan fingerprint density at radius 1 is 1.29 bits per heavy atom. The van der Waals surface area contributed by atoms with E-state index < -0.39 is 54.2 Å². The van der Waals surface area contributed by atoms with Crippen LogP contribution in [-0.4, -0.2) is 47.4 Å². The first-order chi connectivity index (χ1) is 13.0. The number of anilines is 1. The van der Waals surface area contributed by atoms with Crippen LogP contribution in [0.25, 0.3) is 0 Å². The summed E-state index contributed by atoms with van der Waals surface area (Å²) in [5.74, 6) is -2.48. The van der Waals surface area contributed by atoms with Crippen molar-refractivity contribution >= 4 is 29.5 Å². The molecule has 0 bridgehead atoms. The van der Waals surface area contributed by atoms with E-state index in [1.54, 1.807) is 6.92 Å². The molecule has 4 amide bonds. The summed E-state index contributed by atoms with van der Waals surface area (Å²) < 4.78 is 42.6. The zero-order valence-electron chi connectivity index (χ0n) is 15.1. The number of nitrogens with zero attached hydrogens (tertiary/aromatic N) is 1. The summed E-state index contributed by atoms with van der Waals surface area (Å²) >= 11 is 0. The van der Waals surface area contributed by atoms with Crippen molar-refractivity contribution in [3.05, 3.63) is 29.8 Å². The number of hydrogen-bond acceptors (Lipinski definition) is 5. The van der Waals surface area contributed by atoms with Gasteiger partial charge in [-0.1, -0.05) is 13.0 Å². The van der Waals surface area contributed by atoms with E-state index in [9.17, 15) is 32.3 Å². The van der Waals surface area contributed by atoms with Gasteiger partial charge in [-0.05, 0) is 31.5 Å². The van der Waals surface area contributed by atoms with E-state index in [1.807, 2.05) is 0 Å². The van der Waals surface area contributed by atoms with Gasteiger partial charge in [0.05, 0.1) is 5.56 Å². The van der Waals surface area contributed by atoms with Crippen LogP contribution in [0.2, 0.25) is 0 Å². The Morgan fingerprint density at radius 2 is 1.96 bits per heavy atom. The number of imide groups is 1. The van der Waals surface area contributed by atoms with Crippen LogP contribution in [0.5, 0.6) is 0 Å². The maximum Gasteiger partial charge on any atom is 0.416 e. The van der Waals surface area contributed by atoms with E-state index in [0.29, 0.717) is 11.3 Å². The number of halogens is 3. The summed E-state index contributed by atoms with van der Waals surface area (Å²) in [6.45, 7) is 1.74.